The number of carboxylic acids is 1. The second-order valence-corrected chi connectivity index (χ2v) is 10.1. The zero-order chi connectivity index (χ0) is 24.7. The molecular formula is C23H21Cl2N3O4S2. The molecule has 0 saturated heterocycles. The zero-order valence-electron chi connectivity index (χ0n) is 18.0. The van der Waals surface area contributed by atoms with Crippen molar-refractivity contribution in [2.45, 2.75) is 36.3 Å². The maximum absolute atomic E-state index is 12.9. The molecule has 1 atom stereocenters. The largest absolute Gasteiger partial charge is 0.481 e. The second kappa shape index (κ2) is 12.2. The van der Waals surface area contributed by atoms with Gasteiger partial charge in [0.15, 0.2) is 5.13 Å². The third-order valence-electron chi connectivity index (χ3n) is 4.57. The SMILES string of the molecule is CCC(Sc1cccc(NC(=O)CCC(=O)O)c1)C(=O)Nc1nc(-c2ccc(Cl)c(Cl)c2)cs1. The molecule has 0 aliphatic heterocycles. The Labute approximate surface area is 214 Å². The molecule has 178 valence electrons. The van der Waals surface area contributed by atoms with Crippen LogP contribution in [0, 0.1) is 0 Å². The van der Waals surface area contributed by atoms with Crippen LogP contribution in [-0.2, 0) is 14.4 Å². The van der Waals surface area contributed by atoms with Crippen molar-refractivity contribution in [2.75, 3.05) is 10.6 Å². The van der Waals surface area contributed by atoms with E-state index >= 15 is 0 Å². The number of nitrogens with zero attached hydrogens (tertiary/aromatic N) is 1. The molecule has 7 nitrogen and oxygen atoms in total. The highest BCUT2D eigenvalue weighted by atomic mass is 35.5. The maximum atomic E-state index is 12.9. The molecule has 0 fully saturated rings. The van der Waals surface area contributed by atoms with Crippen molar-refractivity contribution in [1.29, 1.82) is 0 Å². The Morgan fingerprint density at radius 2 is 1.88 bits per heavy atom. The van der Waals surface area contributed by atoms with E-state index in [1.54, 1.807) is 30.3 Å². The molecule has 34 heavy (non-hydrogen) atoms. The van der Waals surface area contributed by atoms with E-state index in [-0.39, 0.29) is 29.9 Å². The van der Waals surface area contributed by atoms with E-state index < -0.39 is 5.97 Å². The summed E-state index contributed by atoms with van der Waals surface area (Å²) in [5, 5.41) is 17.1. The van der Waals surface area contributed by atoms with E-state index in [0.29, 0.717) is 33.0 Å². The summed E-state index contributed by atoms with van der Waals surface area (Å²) in [4.78, 5) is 40.7. The number of thiazole rings is 1. The first-order valence-electron chi connectivity index (χ1n) is 10.3. The minimum atomic E-state index is -1.03. The van der Waals surface area contributed by atoms with Gasteiger partial charge in [0.2, 0.25) is 11.8 Å². The van der Waals surface area contributed by atoms with E-state index in [1.807, 2.05) is 24.4 Å². The number of rotatable bonds is 10. The number of aromatic nitrogens is 1. The molecule has 1 heterocycles. The van der Waals surface area contributed by atoms with Gasteiger partial charge in [-0.05, 0) is 36.8 Å². The van der Waals surface area contributed by atoms with Crippen molar-refractivity contribution in [3.05, 3.63) is 57.9 Å². The van der Waals surface area contributed by atoms with Gasteiger partial charge in [-0.15, -0.1) is 23.1 Å². The van der Waals surface area contributed by atoms with Gasteiger partial charge in [-0.25, -0.2) is 4.98 Å². The number of amides is 2. The molecule has 3 aromatic rings. The van der Waals surface area contributed by atoms with Gasteiger partial charge < -0.3 is 15.7 Å². The fraction of sp³-hybridized carbons (Fsp3) is 0.217. The number of nitrogens with one attached hydrogen (secondary N) is 2. The first-order valence-corrected chi connectivity index (χ1v) is 12.8. The van der Waals surface area contributed by atoms with Crippen LogP contribution >= 0.6 is 46.3 Å². The first kappa shape index (κ1) is 26.0. The van der Waals surface area contributed by atoms with Crippen LogP contribution in [0.25, 0.3) is 11.3 Å². The monoisotopic (exact) mass is 537 g/mol. The Morgan fingerprint density at radius 1 is 1.09 bits per heavy atom. The molecule has 0 aliphatic carbocycles. The van der Waals surface area contributed by atoms with Gasteiger partial charge in [-0.3, -0.25) is 14.4 Å². The smallest absolute Gasteiger partial charge is 0.303 e. The van der Waals surface area contributed by atoms with Crippen molar-refractivity contribution in [1.82, 2.24) is 4.98 Å². The Balaban J connectivity index is 1.62. The van der Waals surface area contributed by atoms with Crippen LogP contribution in [0.5, 0.6) is 0 Å². The van der Waals surface area contributed by atoms with E-state index in [2.05, 4.69) is 15.6 Å². The van der Waals surface area contributed by atoms with Gasteiger partial charge in [0, 0.05) is 27.9 Å². The van der Waals surface area contributed by atoms with Crippen LogP contribution in [0.4, 0.5) is 10.8 Å². The third kappa shape index (κ3) is 7.46. The fourth-order valence-corrected chi connectivity index (χ4v) is 4.92. The minimum Gasteiger partial charge on any atom is -0.481 e. The Morgan fingerprint density at radius 3 is 2.59 bits per heavy atom. The molecule has 0 spiro atoms. The highest BCUT2D eigenvalue weighted by molar-refractivity contribution is 8.00. The van der Waals surface area contributed by atoms with Crippen molar-refractivity contribution in [2.24, 2.45) is 0 Å². The molecule has 1 aromatic heterocycles. The fourth-order valence-electron chi connectivity index (χ4n) is 2.88. The summed E-state index contributed by atoms with van der Waals surface area (Å²) in [6.45, 7) is 1.91. The number of benzene rings is 2. The summed E-state index contributed by atoms with van der Waals surface area (Å²) in [5.74, 6) is -1.59. The van der Waals surface area contributed by atoms with Gasteiger partial charge in [-0.2, -0.15) is 0 Å². The summed E-state index contributed by atoms with van der Waals surface area (Å²) in [6, 6.07) is 12.3. The molecule has 0 bridgehead atoms. The summed E-state index contributed by atoms with van der Waals surface area (Å²) in [5.41, 5.74) is 2.03. The summed E-state index contributed by atoms with van der Waals surface area (Å²) < 4.78 is 0. The molecule has 0 aliphatic rings. The highest BCUT2D eigenvalue weighted by Gasteiger charge is 2.20. The zero-order valence-corrected chi connectivity index (χ0v) is 21.2. The molecule has 11 heteroatoms. The minimum absolute atomic E-state index is 0.106. The number of carbonyl (C=O) groups excluding carboxylic acids is 2. The van der Waals surface area contributed by atoms with Crippen LogP contribution in [-0.4, -0.2) is 33.1 Å². The van der Waals surface area contributed by atoms with Crippen molar-refractivity contribution in [3.8, 4) is 11.3 Å². The molecule has 3 N–H and O–H groups in total. The number of anilines is 2. The lowest BCUT2D eigenvalue weighted by Gasteiger charge is -2.14. The van der Waals surface area contributed by atoms with Crippen molar-refractivity contribution in [3.63, 3.8) is 0 Å². The molecule has 2 amide bonds. The lowest BCUT2D eigenvalue weighted by atomic mass is 10.2. The molecular weight excluding hydrogens is 517 g/mol. The van der Waals surface area contributed by atoms with Crippen LogP contribution in [0.15, 0.2) is 52.7 Å². The van der Waals surface area contributed by atoms with Crippen LogP contribution in [0.3, 0.4) is 0 Å². The van der Waals surface area contributed by atoms with Crippen molar-refractivity contribution >= 4 is 74.9 Å². The summed E-state index contributed by atoms with van der Waals surface area (Å²) in [7, 11) is 0. The van der Waals surface area contributed by atoms with Gasteiger partial charge in [0.25, 0.3) is 0 Å². The first-order chi connectivity index (χ1) is 16.2. The second-order valence-electron chi connectivity index (χ2n) is 7.14. The standard InChI is InChI=1S/C23H21Cl2N3O4S2/c1-2-19(34-15-5-3-4-14(11-15)26-20(29)8-9-21(30)31)22(32)28-23-27-18(12-33-23)13-6-7-16(24)17(25)10-13/h3-7,10-12,19H,2,8-9H2,1H3,(H,26,29)(H,30,31)(H,27,28,32). The number of carbonyl (C=O) groups is 3. The predicted octanol–water partition coefficient (Wildman–Crippen LogP) is 6.43. The highest BCUT2D eigenvalue weighted by Crippen LogP contribution is 2.32. The normalized spacial score (nSPS) is 11.6. The van der Waals surface area contributed by atoms with Crippen LogP contribution in [0.2, 0.25) is 10.0 Å². The number of thioether (sulfide) groups is 1. The lowest BCUT2D eigenvalue weighted by molar-refractivity contribution is -0.138. The maximum Gasteiger partial charge on any atom is 0.303 e. The van der Waals surface area contributed by atoms with Crippen LogP contribution < -0.4 is 10.6 Å². The number of carboxylic acid groups (broad SMARTS) is 1. The number of hydrogen-bond donors (Lipinski definition) is 3. The Hall–Kier alpha value is -2.59. The van der Waals surface area contributed by atoms with Gasteiger partial charge in [0.05, 0.1) is 27.4 Å². The van der Waals surface area contributed by atoms with E-state index in [9.17, 15) is 14.4 Å². The average Bonchev–Trinajstić information content (AvgIpc) is 3.26. The topological polar surface area (TPSA) is 108 Å². The lowest BCUT2D eigenvalue weighted by Crippen LogP contribution is -2.24. The number of hydrogen-bond acceptors (Lipinski definition) is 6. The predicted molar refractivity (Wildman–Crippen MR) is 138 cm³/mol. The third-order valence-corrected chi connectivity index (χ3v) is 7.43. The molecule has 0 saturated carbocycles. The molecule has 1 unspecified atom stereocenters. The quantitative estimate of drug-likeness (QED) is 0.257. The van der Waals surface area contributed by atoms with E-state index in [4.69, 9.17) is 28.3 Å². The van der Waals surface area contributed by atoms with E-state index in [1.165, 1.54) is 23.1 Å². The van der Waals surface area contributed by atoms with Crippen LogP contribution in [0.1, 0.15) is 26.2 Å². The number of aliphatic carboxylic acids is 1. The Bertz CT molecular complexity index is 1200. The summed E-state index contributed by atoms with van der Waals surface area (Å²) >= 11 is 14.7. The molecule has 2 aromatic carbocycles. The number of halogens is 2. The van der Waals surface area contributed by atoms with E-state index in [0.717, 1.165) is 10.5 Å². The molecule has 3 rings (SSSR count). The van der Waals surface area contributed by atoms with Gasteiger partial charge in [-0.1, -0.05) is 42.3 Å². The van der Waals surface area contributed by atoms with Crippen molar-refractivity contribution < 1.29 is 19.5 Å². The van der Waals surface area contributed by atoms with Gasteiger partial charge >= 0.3 is 5.97 Å². The Kier molecular flexibility index (Phi) is 9.35. The van der Waals surface area contributed by atoms with Gasteiger partial charge in [0.1, 0.15) is 0 Å². The summed E-state index contributed by atoms with van der Waals surface area (Å²) in [6.07, 6.45) is 0.239. The average molecular weight is 538 g/mol. The molecule has 0 radical (unpaired) electrons.